The van der Waals surface area contributed by atoms with E-state index in [2.05, 4.69) is 10.4 Å². The third kappa shape index (κ3) is 3.13. The number of nitrogens with one attached hydrogen (secondary N) is 1. The van der Waals surface area contributed by atoms with E-state index in [4.69, 9.17) is 4.74 Å². The Morgan fingerprint density at radius 2 is 2.05 bits per heavy atom. The molecule has 0 aliphatic carbocycles. The quantitative estimate of drug-likeness (QED) is 0.917. The molecular weight excluding hydrogens is 242 g/mol. The van der Waals surface area contributed by atoms with E-state index < -0.39 is 0 Å². The van der Waals surface area contributed by atoms with E-state index in [9.17, 15) is 4.79 Å². The van der Waals surface area contributed by atoms with Gasteiger partial charge in [0.1, 0.15) is 5.75 Å². The summed E-state index contributed by atoms with van der Waals surface area (Å²) >= 11 is 0. The largest absolute Gasteiger partial charge is 0.494 e. The first-order valence-electron chi connectivity index (χ1n) is 6.14. The van der Waals surface area contributed by atoms with Crippen molar-refractivity contribution in [2.75, 3.05) is 11.9 Å². The Kier molecular flexibility index (Phi) is 3.85. The van der Waals surface area contributed by atoms with Gasteiger partial charge in [0.25, 0.3) is 5.91 Å². The van der Waals surface area contributed by atoms with E-state index in [1.807, 2.05) is 32.2 Å². The second-order valence-electron chi connectivity index (χ2n) is 4.25. The molecule has 1 aromatic heterocycles. The minimum absolute atomic E-state index is 0.206. The third-order valence-electron chi connectivity index (χ3n) is 2.65. The molecule has 19 heavy (non-hydrogen) atoms. The molecule has 0 aliphatic rings. The number of benzene rings is 1. The number of aryl methyl sites for hydroxylation is 2. The first-order valence-corrected chi connectivity index (χ1v) is 6.14. The summed E-state index contributed by atoms with van der Waals surface area (Å²) in [6.07, 6.45) is 1.81. The Balaban J connectivity index is 2.08. The summed E-state index contributed by atoms with van der Waals surface area (Å²) in [7, 11) is 1.79. The van der Waals surface area contributed by atoms with Gasteiger partial charge in [-0.25, -0.2) is 0 Å². The van der Waals surface area contributed by atoms with Crippen LogP contribution in [0, 0.1) is 6.92 Å². The number of nitrogens with zero attached hydrogens (tertiary/aromatic N) is 2. The lowest BCUT2D eigenvalue weighted by atomic mass is 10.2. The Morgan fingerprint density at radius 3 is 2.58 bits per heavy atom. The number of hydrogen-bond acceptors (Lipinski definition) is 3. The van der Waals surface area contributed by atoms with Crippen LogP contribution in [0.5, 0.6) is 5.75 Å². The average molecular weight is 259 g/mol. The monoisotopic (exact) mass is 259 g/mol. The lowest BCUT2D eigenvalue weighted by Gasteiger charge is -2.06. The van der Waals surface area contributed by atoms with Gasteiger partial charge in [-0.3, -0.25) is 9.48 Å². The fourth-order valence-corrected chi connectivity index (χ4v) is 1.82. The maximum absolute atomic E-state index is 12.0. The number of carbonyl (C=O) groups is 1. The number of hydrogen-bond donors (Lipinski definition) is 1. The SMILES string of the molecule is CCOc1ccc(NC(=O)c2nn(C)cc2C)cc1. The summed E-state index contributed by atoms with van der Waals surface area (Å²) in [5.74, 6) is 0.580. The molecule has 0 radical (unpaired) electrons. The van der Waals surface area contributed by atoms with Crippen LogP contribution in [0.4, 0.5) is 5.69 Å². The summed E-state index contributed by atoms with van der Waals surface area (Å²) in [4.78, 5) is 12.0. The fraction of sp³-hybridized carbons (Fsp3) is 0.286. The van der Waals surface area contributed by atoms with Gasteiger partial charge in [0, 0.05) is 24.5 Å². The first-order chi connectivity index (χ1) is 9.10. The van der Waals surface area contributed by atoms with Crippen molar-refractivity contribution in [2.45, 2.75) is 13.8 Å². The molecule has 1 N–H and O–H groups in total. The topological polar surface area (TPSA) is 56.1 Å². The molecular formula is C14H17N3O2. The van der Waals surface area contributed by atoms with Crippen molar-refractivity contribution >= 4 is 11.6 Å². The van der Waals surface area contributed by atoms with Crippen LogP contribution < -0.4 is 10.1 Å². The maximum Gasteiger partial charge on any atom is 0.276 e. The van der Waals surface area contributed by atoms with E-state index in [1.54, 1.807) is 23.9 Å². The molecule has 0 saturated carbocycles. The number of rotatable bonds is 4. The normalized spacial score (nSPS) is 10.3. The number of aromatic nitrogens is 2. The van der Waals surface area contributed by atoms with Gasteiger partial charge in [-0.05, 0) is 38.1 Å². The predicted octanol–water partition coefficient (Wildman–Crippen LogP) is 2.38. The van der Waals surface area contributed by atoms with Crippen molar-refractivity contribution in [3.05, 3.63) is 41.7 Å². The molecule has 0 fully saturated rings. The van der Waals surface area contributed by atoms with Crippen molar-refractivity contribution in [2.24, 2.45) is 7.05 Å². The molecule has 0 bridgehead atoms. The highest BCUT2D eigenvalue weighted by molar-refractivity contribution is 6.03. The van der Waals surface area contributed by atoms with Gasteiger partial charge in [-0.1, -0.05) is 0 Å². The van der Waals surface area contributed by atoms with Gasteiger partial charge in [0.2, 0.25) is 0 Å². The molecule has 0 spiro atoms. The predicted molar refractivity (Wildman–Crippen MR) is 73.5 cm³/mol. The zero-order valence-corrected chi connectivity index (χ0v) is 11.3. The van der Waals surface area contributed by atoms with E-state index in [1.165, 1.54) is 0 Å². The van der Waals surface area contributed by atoms with Crippen LogP contribution in [0.2, 0.25) is 0 Å². The molecule has 5 nitrogen and oxygen atoms in total. The van der Waals surface area contributed by atoms with Crippen molar-refractivity contribution in [1.29, 1.82) is 0 Å². The Labute approximate surface area is 112 Å². The van der Waals surface area contributed by atoms with Crippen molar-refractivity contribution in [3.8, 4) is 5.75 Å². The summed E-state index contributed by atoms with van der Waals surface area (Å²) in [5.41, 5.74) is 2.01. The second kappa shape index (κ2) is 5.56. The van der Waals surface area contributed by atoms with Gasteiger partial charge >= 0.3 is 0 Å². The van der Waals surface area contributed by atoms with E-state index in [0.717, 1.165) is 17.0 Å². The molecule has 100 valence electrons. The zero-order chi connectivity index (χ0) is 13.8. The van der Waals surface area contributed by atoms with Gasteiger partial charge in [0.05, 0.1) is 6.61 Å². The minimum atomic E-state index is -0.206. The van der Waals surface area contributed by atoms with Crippen molar-refractivity contribution in [1.82, 2.24) is 9.78 Å². The zero-order valence-electron chi connectivity index (χ0n) is 11.3. The molecule has 0 aliphatic heterocycles. The number of amides is 1. The summed E-state index contributed by atoms with van der Waals surface area (Å²) in [6.45, 7) is 4.42. The Bertz CT molecular complexity index is 573. The van der Waals surface area contributed by atoms with E-state index >= 15 is 0 Å². The molecule has 0 atom stereocenters. The molecule has 1 amide bonds. The molecule has 2 rings (SSSR count). The highest BCUT2D eigenvalue weighted by atomic mass is 16.5. The van der Waals surface area contributed by atoms with E-state index in [0.29, 0.717) is 12.3 Å². The fourth-order valence-electron chi connectivity index (χ4n) is 1.82. The summed E-state index contributed by atoms with van der Waals surface area (Å²) in [6, 6.07) is 7.26. The second-order valence-corrected chi connectivity index (χ2v) is 4.25. The van der Waals surface area contributed by atoms with Gasteiger partial charge < -0.3 is 10.1 Å². The van der Waals surface area contributed by atoms with E-state index in [-0.39, 0.29) is 5.91 Å². The lowest BCUT2D eigenvalue weighted by molar-refractivity contribution is 0.102. The Hall–Kier alpha value is -2.30. The van der Waals surface area contributed by atoms with Crippen LogP contribution in [0.3, 0.4) is 0 Å². The highest BCUT2D eigenvalue weighted by Crippen LogP contribution is 2.16. The maximum atomic E-state index is 12.0. The van der Waals surface area contributed by atoms with Crippen molar-refractivity contribution < 1.29 is 9.53 Å². The molecule has 1 aromatic carbocycles. The lowest BCUT2D eigenvalue weighted by Crippen LogP contribution is -2.14. The minimum Gasteiger partial charge on any atom is -0.494 e. The molecule has 1 heterocycles. The van der Waals surface area contributed by atoms with Crippen LogP contribution in [-0.2, 0) is 7.05 Å². The Morgan fingerprint density at radius 1 is 1.37 bits per heavy atom. The van der Waals surface area contributed by atoms with Crippen LogP contribution >= 0.6 is 0 Å². The highest BCUT2D eigenvalue weighted by Gasteiger charge is 2.13. The van der Waals surface area contributed by atoms with Crippen LogP contribution in [0.1, 0.15) is 23.0 Å². The van der Waals surface area contributed by atoms with Gasteiger partial charge in [-0.2, -0.15) is 5.10 Å². The van der Waals surface area contributed by atoms with Crippen LogP contribution in [0.25, 0.3) is 0 Å². The summed E-state index contributed by atoms with van der Waals surface area (Å²) in [5, 5.41) is 6.94. The van der Waals surface area contributed by atoms with Crippen LogP contribution in [-0.4, -0.2) is 22.3 Å². The number of carbonyl (C=O) groups excluding carboxylic acids is 1. The van der Waals surface area contributed by atoms with Crippen LogP contribution in [0.15, 0.2) is 30.5 Å². The molecule has 0 saturated heterocycles. The molecule has 5 heteroatoms. The standard InChI is InChI=1S/C14H17N3O2/c1-4-19-12-7-5-11(6-8-12)15-14(18)13-10(2)9-17(3)16-13/h5-9H,4H2,1-3H3,(H,15,18). The molecule has 0 unspecified atom stereocenters. The van der Waals surface area contributed by atoms with Crippen molar-refractivity contribution in [3.63, 3.8) is 0 Å². The molecule has 2 aromatic rings. The first kappa shape index (κ1) is 13.1. The third-order valence-corrected chi connectivity index (χ3v) is 2.65. The van der Waals surface area contributed by atoms with Gasteiger partial charge in [0.15, 0.2) is 5.69 Å². The number of ether oxygens (including phenoxy) is 1. The van der Waals surface area contributed by atoms with Gasteiger partial charge in [-0.15, -0.1) is 0 Å². The average Bonchev–Trinajstić information content (AvgIpc) is 2.71. The smallest absolute Gasteiger partial charge is 0.276 e. The summed E-state index contributed by atoms with van der Waals surface area (Å²) < 4.78 is 6.97. The number of anilines is 1.